The summed E-state index contributed by atoms with van der Waals surface area (Å²) in [5, 5.41) is 9.47. The molecule has 1 aromatic rings. The van der Waals surface area contributed by atoms with E-state index in [1.165, 1.54) is 17.2 Å². The van der Waals surface area contributed by atoms with Gasteiger partial charge in [0.25, 0.3) is 5.91 Å². The van der Waals surface area contributed by atoms with Gasteiger partial charge in [-0.05, 0) is 18.6 Å². The van der Waals surface area contributed by atoms with Crippen molar-refractivity contribution in [3.05, 3.63) is 29.0 Å². The van der Waals surface area contributed by atoms with Gasteiger partial charge in [0.15, 0.2) is 9.84 Å². The van der Waals surface area contributed by atoms with Crippen molar-refractivity contribution >= 4 is 27.3 Å². The summed E-state index contributed by atoms with van der Waals surface area (Å²) in [5.74, 6) is -0.418. The minimum Gasteiger partial charge on any atom is -0.395 e. The third-order valence-corrected chi connectivity index (χ3v) is 5.18. The molecule has 0 aliphatic carbocycles. The van der Waals surface area contributed by atoms with Gasteiger partial charge in [0.2, 0.25) is 0 Å². The molecule has 2 heterocycles. The van der Waals surface area contributed by atoms with Crippen molar-refractivity contribution in [3.8, 4) is 0 Å². The minimum absolute atomic E-state index is 0.0653. The Bertz CT molecular complexity index is 605. The summed E-state index contributed by atoms with van der Waals surface area (Å²) in [5.41, 5.74) is 0.148. The van der Waals surface area contributed by atoms with Crippen LogP contribution in [0, 0.1) is 0 Å². The lowest BCUT2D eigenvalue weighted by atomic mass is 10.2. The van der Waals surface area contributed by atoms with E-state index in [4.69, 9.17) is 16.7 Å². The summed E-state index contributed by atoms with van der Waals surface area (Å²) in [7, 11) is -3.10. The van der Waals surface area contributed by atoms with Crippen molar-refractivity contribution in [1.82, 2.24) is 9.88 Å². The molecule has 0 saturated carbocycles. The van der Waals surface area contributed by atoms with E-state index in [0.29, 0.717) is 11.4 Å². The van der Waals surface area contributed by atoms with Crippen LogP contribution in [0.3, 0.4) is 0 Å². The van der Waals surface area contributed by atoms with Gasteiger partial charge in [0.1, 0.15) is 5.69 Å². The number of carbonyl (C=O) groups excluding carboxylic acids is 1. The average Bonchev–Trinajstić information content (AvgIpc) is 2.75. The van der Waals surface area contributed by atoms with Crippen LogP contribution in [0.1, 0.15) is 16.9 Å². The highest BCUT2D eigenvalue weighted by Crippen LogP contribution is 2.20. The Hall–Kier alpha value is -1.18. The lowest BCUT2D eigenvalue weighted by Crippen LogP contribution is -2.43. The normalized spacial score (nSPS) is 20.8. The van der Waals surface area contributed by atoms with E-state index in [1.807, 2.05) is 0 Å². The maximum Gasteiger partial charge on any atom is 0.272 e. The summed E-state index contributed by atoms with van der Waals surface area (Å²) in [6, 6.07) is 2.56. The molecule has 6 nitrogen and oxygen atoms in total. The molecule has 0 bridgehead atoms. The monoisotopic (exact) mass is 318 g/mol. The lowest BCUT2D eigenvalue weighted by Gasteiger charge is -2.27. The van der Waals surface area contributed by atoms with Crippen LogP contribution < -0.4 is 0 Å². The van der Waals surface area contributed by atoms with E-state index in [0.717, 1.165) is 0 Å². The van der Waals surface area contributed by atoms with Crippen LogP contribution in [-0.4, -0.2) is 60.0 Å². The number of aliphatic hydroxyl groups is 1. The van der Waals surface area contributed by atoms with Crippen LogP contribution in [0.5, 0.6) is 0 Å². The number of nitrogens with zero attached hydrogens (tertiary/aromatic N) is 2. The summed E-state index contributed by atoms with van der Waals surface area (Å²) in [6.07, 6.45) is 1.80. The standard InChI is InChI=1S/C12H15ClN2O4S/c13-9-1-3-14-11(7-9)12(17)15(4-5-16)10-2-6-20(18,19)8-10/h1,3,7,10,16H,2,4-6,8H2. The van der Waals surface area contributed by atoms with E-state index >= 15 is 0 Å². The number of hydrogen-bond donors (Lipinski definition) is 1. The Kier molecular flexibility index (Phi) is 4.62. The first-order valence-corrected chi connectivity index (χ1v) is 8.37. The number of aromatic nitrogens is 1. The highest BCUT2D eigenvalue weighted by molar-refractivity contribution is 7.91. The summed E-state index contributed by atoms with van der Waals surface area (Å²) in [6.45, 7) is -0.157. The Morgan fingerprint density at radius 3 is 2.85 bits per heavy atom. The number of pyridine rings is 1. The zero-order valence-corrected chi connectivity index (χ0v) is 12.3. The molecular weight excluding hydrogens is 304 g/mol. The molecule has 8 heteroatoms. The maximum atomic E-state index is 12.4. The molecule has 1 amide bonds. The predicted octanol–water partition coefficient (Wildman–Crippen LogP) is 0.357. The molecule has 1 unspecified atom stereocenters. The van der Waals surface area contributed by atoms with Crippen LogP contribution >= 0.6 is 11.6 Å². The molecule has 1 N–H and O–H groups in total. The van der Waals surface area contributed by atoms with Crippen molar-refractivity contribution in [2.75, 3.05) is 24.7 Å². The van der Waals surface area contributed by atoms with E-state index in [1.54, 1.807) is 6.07 Å². The second-order valence-electron chi connectivity index (χ2n) is 4.64. The van der Waals surface area contributed by atoms with Gasteiger partial charge in [-0.3, -0.25) is 9.78 Å². The van der Waals surface area contributed by atoms with Gasteiger partial charge in [-0.2, -0.15) is 0 Å². The molecule has 110 valence electrons. The van der Waals surface area contributed by atoms with E-state index < -0.39 is 21.8 Å². The summed E-state index contributed by atoms with van der Waals surface area (Å²) in [4.78, 5) is 17.7. The molecule has 2 rings (SSSR count). The van der Waals surface area contributed by atoms with Crippen LogP contribution in [0.4, 0.5) is 0 Å². The first-order valence-electron chi connectivity index (χ1n) is 6.17. The fraction of sp³-hybridized carbons (Fsp3) is 0.500. The SMILES string of the molecule is O=C(c1cc(Cl)ccn1)N(CCO)C1CCS(=O)(=O)C1. The van der Waals surface area contributed by atoms with Gasteiger partial charge in [0, 0.05) is 23.8 Å². The van der Waals surface area contributed by atoms with Gasteiger partial charge in [-0.15, -0.1) is 0 Å². The largest absolute Gasteiger partial charge is 0.395 e. The molecule has 20 heavy (non-hydrogen) atoms. The molecule has 1 atom stereocenters. The summed E-state index contributed by atoms with van der Waals surface area (Å²) < 4.78 is 23.1. The first kappa shape index (κ1) is 15.2. The number of carbonyl (C=O) groups is 1. The number of hydrogen-bond acceptors (Lipinski definition) is 5. The Labute approximate surface area is 122 Å². The number of amides is 1. The third kappa shape index (κ3) is 3.47. The second kappa shape index (κ2) is 6.07. The van der Waals surface area contributed by atoms with Gasteiger partial charge < -0.3 is 10.0 Å². The topological polar surface area (TPSA) is 87.6 Å². The maximum absolute atomic E-state index is 12.4. The highest BCUT2D eigenvalue weighted by Gasteiger charge is 2.35. The zero-order valence-electron chi connectivity index (χ0n) is 10.7. The molecule has 0 radical (unpaired) electrons. The first-order chi connectivity index (χ1) is 9.43. The van der Waals surface area contributed by atoms with Gasteiger partial charge in [-0.1, -0.05) is 11.6 Å². The van der Waals surface area contributed by atoms with Crippen LogP contribution in [0.15, 0.2) is 18.3 Å². The molecule has 0 spiro atoms. The summed E-state index contributed by atoms with van der Waals surface area (Å²) >= 11 is 5.82. The minimum atomic E-state index is -3.10. The van der Waals surface area contributed by atoms with Crippen LogP contribution in [0.2, 0.25) is 5.02 Å². The predicted molar refractivity (Wildman–Crippen MR) is 74.4 cm³/mol. The highest BCUT2D eigenvalue weighted by atomic mass is 35.5. The average molecular weight is 319 g/mol. The number of aliphatic hydroxyl groups excluding tert-OH is 1. The second-order valence-corrected chi connectivity index (χ2v) is 7.30. The molecule has 1 saturated heterocycles. The smallest absolute Gasteiger partial charge is 0.272 e. The number of sulfone groups is 1. The van der Waals surface area contributed by atoms with Crippen molar-refractivity contribution in [2.45, 2.75) is 12.5 Å². The van der Waals surface area contributed by atoms with Crippen molar-refractivity contribution < 1.29 is 18.3 Å². The van der Waals surface area contributed by atoms with Gasteiger partial charge >= 0.3 is 0 Å². The van der Waals surface area contributed by atoms with E-state index in [2.05, 4.69) is 4.98 Å². The van der Waals surface area contributed by atoms with Gasteiger partial charge in [0.05, 0.1) is 18.1 Å². The van der Waals surface area contributed by atoms with Crippen molar-refractivity contribution in [1.29, 1.82) is 0 Å². The van der Waals surface area contributed by atoms with E-state index in [-0.39, 0.29) is 30.4 Å². The third-order valence-electron chi connectivity index (χ3n) is 3.19. The Balaban J connectivity index is 2.22. The molecule has 1 fully saturated rings. The Morgan fingerprint density at radius 1 is 1.55 bits per heavy atom. The number of rotatable bonds is 4. The lowest BCUT2D eigenvalue weighted by molar-refractivity contribution is 0.0649. The van der Waals surface area contributed by atoms with Gasteiger partial charge in [-0.25, -0.2) is 8.42 Å². The van der Waals surface area contributed by atoms with Crippen molar-refractivity contribution in [3.63, 3.8) is 0 Å². The molecule has 1 aliphatic heterocycles. The van der Waals surface area contributed by atoms with Crippen LogP contribution in [-0.2, 0) is 9.84 Å². The molecule has 1 aromatic heterocycles. The van der Waals surface area contributed by atoms with Crippen molar-refractivity contribution in [2.24, 2.45) is 0 Å². The van der Waals surface area contributed by atoms with E-state index in [9.17, 15) is 13.2 Å². The Morgan fingerprint density at radius 2 is 2.30 bits per heavy atom. The fourth-order valence-corrected chi connectivity index (χ4v) is 4.14. The fourth-order valence-electron chi connectivity index (χ4n) is 2.25. The molecular formula is C12H15ClN2O4S. The number of halogens is 1. The molecule has 0 aromatic carbocycles. The zero-order chi connectivity index (χ0) is 14.8. The van der Waals surface area contributed by atoms with Crippen LogP contribution in [0.25, 0.3) is 0 Å². The quantitative estimate of drug-likeness (QED) is 0.866. The molecule has 1 aliphatic rings.